The quantitative estimate of drug-likeness (QED) is 0.482. The first kappa shape index (κ1) is 25.8. The molecule has 10 heteroatoms. The van der Waals surface area contributed by atoms with Crippen LogP contribution < -0.4 is 15.4 Å². The van der Waals surface area contributed by atoms with E-state index in [0.29, 0.717) is 24.4 Å². The zero-order valence-corrected chi connectivity index (χ0v) is 20.9. The fourth-order valence-corrected chi connectivity index (χ4v) is 3.89. The van der Waals surface area contributed by atoms with E-state index in [-0.39, 0.29) is 30.4 Å². The van der Waals surface area contributed by atoms with Gasteiger partial charge in [0.1, 0.15) is 23.5 Å². The molecule has 0 atom stereocenters. The highest BCUT2D eigenvalue weighted by Crippen LogP contribution is 2.13. The summed E-state index contributed by atoms with van der Waals surface area (Å²) in [6.45, 7) is 3.70. The number of rotatable bonds is 8. The largest absolute Gasteiger partial charge is 0.497 e. The predicted octanol–water partition coefficient (Wildman–Crippen LogP) is 1.73. The van der Waals surface area contributed by atoms with E-state index in [2.05, 4.69) is 25.5 Å². The van der Waals surface area contributed by atoms with Gasteiger partial charge in [-0.05, 0) is 42.4 Å². The molecule has 1 aliphatic rings. The Hall–Kier alpha value is -4.31. The highest BCUT2D eigenvalue weighted by molar-refractivity contribution is 5.97. The van der Waals surface area contributed by atoms with Crippen LogP contribution in [-0.4, -0.2) is 77.8 Å². The first-order valence-corrected chi connectivity index (χ1v) is 12.0. The highest BCUT2D eigenvalue weighted by Gasteiger charge is 2.20. The van der Waals surface area contributed by atoms with Gasteiger partial charge in [-0.1, -0.05) is 24.3 Å². The van der Waals surface area contributed by atoms with E-state index >= 15 is 0 Å². The molecule has 1 saturated heterocycles. The summed E-state index contributed by atoms with van der Waals surface area (Å²) >= 11 is 0. The van der Waals surface area contributed by atoms with E-state index in [4.69, 9.17) is 4.74 Å². The lowest BCUT2D eigenvalue weighted by atomic mass is 10.1. The van der Waals surface area contributed by atoms with Gasteiger partial charge in [0.25, 0.3) is 17.7 Å². The van der Waals surface area contributed by atoms with Crippen LogP contribution in [0.1, 0.15) is 42.5 Å². The molecule has 4 rings (SSSR count). The van der Waals surface area contributed by atoms with E-state index < -0.39 is 11.8 Å². The summed E-state index contributed by atoms with van der Waals surface area (Å²) in [7, 11) is 3.63. The highest BCUT2D eigenvalue weighted by atomic mass is 16.5. The molecule has 3 amide bonds. The maximum Gasteiger partial charge on any atom is 0.270 e. The van der Waals surface area contributed by atoms with Gasteiger partial charge in [-0.25, -0.2) is 9.97 Å². The molecule has 0 saturated carbocycles. The van der Waals surface area contributed by atoms with Crippen LogP contribution in [0.25, 0.3) is 0 Å². The number of amides is 3. The summed E-state index contributed by atoms with van der Waals surface area (Å²) < 4.78 is 5.19. The summed E-state index contributed by atoms with van der Waals surface area (Å²) in [5, 5.41) is 5.57. The summed E-state index contributed by atoms with van der Waals surface area (Å²) in [4.78, 5) is 49.9. The Balaban J connectivity index is 1.29. The van der Waals surface area contributed by atoms with E-state index in [1.165, 1.54) is 12.4 Å². The molecule has 1 aromatic heterocycles. The van der Waals surface area contributed by atoms with E-state index in [1.54, 1.807) is 19.2 Å². The zero-order chi connectivity index (χ0) is 26.2. The zero-order valence-electron chi connectivity index (χ0n) is 20.9. The van der Waals surface area contributed by atoms with Crippen molar-refractivity contribution in [1.29, 1.82) is 0 Å². The Morgan fingerprint density at radius 2 is 1.46 bits per heavy atom. The van der Waals surface area contributed by atoms with Crippen molar-refractivity contribution in [3.63, 3.8) is 0 Å². The number of aromatic nitrogens is 2. The fourth-order valence-electron chi connectivity index (χ4n) is 3.89. The first-order valence-electron chi connectivity index (χ1n) is 12.0. The van der Waals surface area contributed by atoms with Crippen molar-refractivity contribution in [2.45, 2.75) is 13.1 Å². The lowest BCUT2D eigenvalue weighted by Crippen LogP contribution is -2.47. The van der Waals surface area contributed by atoms with Gasteiger partial charge < -0.3 is 25.2 Å². The van der Waals surface area contributed by atoms with Crippen LogP contribution in [-0.2, 0) is 13.1 Å². The number of nitrogens with zero attached hydrogens (tertiary/aromatic N) is 4. The number of carbonyl (C=O) groups is 3. The number of nitrogens with one attached hydrogen (secondary N) is 2. The number of carbonyl (C=O) groups excluding carboxylic acids is 3. The van der Waals surface area contributed by atoms with Gasteiger partial charge >= 0.3 is 0 Å². The molecule has 0 spiro atoms. The Morgan fingerprint density at radius 1 is 0.838 bits per heavy atom. The topological polar surface area (TPSA) is 117 Å². The number of piperazine rings is 1. The molecule has 1 fully saturated rings. The maximum atomic E-state index is 12.7. The van der Waals surface area contributed by atoms with Gasteiger partial charge in [-0.3, -0.25) is 14.4 Å². The molecule has 10 nitrogen and oxygen atoms in total. The summed E-state index contributed by atoms with van der Waals surface area (Å²) in [5.41, 5.74) is 2.52. The van der Waals surface area contributed by atoms with Crippen LogP contribution in [0.15, 0.2) is 60.9 Å². The fraction of sp³-hybridized carbons (Fsp3) is 0.296. The molecule has 0 aliphatic carbocycles. The predicted molar refractivity (Wildman–Crippen MR) is 137 cm³/mol. The number of hydrogen-bond acceptors (Lipinski definition) is 7. The van der Waals surface area contributed by atoms with Gasteiger partial charge in [0, 0.05) is 50.9 Å². The maximum absolute atomic E-state index is 12.7. The standard InChI is InChI=1S/C27H30N6O4/c1-32-10-12-33(13-11-32)27(36)21-8-6-19(7-9-21)16-28-25(34)23-15-24(31-18-30-23)26(35)29-17-20-4-3-5-22(14-20)37-2/h3-9,14-15,18H,10-13,16-17H2,1-2H3,(H,28,34)(H,29,35). The van der Waals surface area contributed by atoms with Gasteiger partial charge in [0.15, 0.2) is 0 Å². The third-order valence-electron chi connectivity index (χ3n) is 6.16. The number of methoxy groups -OCH3 is 1. The third-order valence-corrected chi connectivity index (χ3v) is 6.16. The van der Waals surface area contributed by atoms with E-state index in [9.17, 15) is 14.4 Å². The number of ether oxygens (including phenoxy) is 1. The number of benzene rings is 2. The second-order valence-corrected chi connectivity index (χ2v) is 8.80. The van der Waals surface area contributed by atoms with Crippen molar-refractivity contribution in [1.82, 2.24) is 30.4 Å². The lowest BCUT2D eigenvalue weighted by Gasteiger charge is -2.32. The SMILES string of the molecule is COc1cccc(CNC(=O)c2cc(C(=O)NCc3ccc(C(=O)N4CCN(C)CC4)cc3)ncn2)c1. The number of likely N-dealkylation sites (N-methyl/N-ethyl adjacent to an activating group) is 1. The third kappa shape index (κ3) is 6.89. The number of hydrogen-bond donors (Lipinski definition) is 2. The average molecular weight is 503 g/mol. The molecular weight excluding hydrogens is 472 g/mol. The second-order valence-electron chi connectivity index (χ2n) is 8.80. The average Bonchev–Trinajstić information content (AvgIpc) is 2.95. The molecule has 0 bridgehead atoms. The minimum Gasteiger partial charge on any atom is -0.497 e. The second kappa shape index (κ2) is 12.1. The van der Waals surface area contributed by atoms with Crippen LogP contribution in [0.5, 0.6) is 5.75 Å². The molecule has 1 aliphatic heterocycles. The van der Waals surface area contributed by atoms with Crippen LogP contribution in [0, 0.1) is 0 Å². The first-order chi connectivity index (χ1) is 17.9. The monoisotopic (exact) mass is 502 g/mol. The van der Waals surface area contributed by atoms with E-state index in [1.807, 2.05) is 48.3 Å². The van der Waals surface area contributed by atoms with Crippen molar-refractivity contribution < 1.29 is 19.1 Å². The summed E-state index contributed by atoms with van der Waals surface area (Å²) in [6, 6.07) is 15.9. The lowest BCUT2D eigenvalue weighted by molar-refractivity contribution is 0.0663. The Morgan fingerprint density at radius 3 is 2.08 bits per heavy atom. The minimum atomic E-state index is -0.429. The van der Waals surface area contributed by atoms with E-state index in [0.717, 1.165) is 24.2 Å². The molecule has 0 unspecified atom stereocenters. The molecule has 2 aromatic carbocycles. The molecule has 0 radical (unpaired) electrons. The van der Waals surface area contributed by atoms with Crippen molar-refractivity contribution >= 4 is 17.7 Å². The smallest absolute Gasteiger partial charge is 0.270 e. The van der Waals surface area contributed by atoms with Crippen LogP contribution in [0.4, 0.5) is 0 Å². The minimum absolute atomic E-state index is 0.0156. The molecule has 2 N–H and O–H groups in total. The van der Waals surface area contributed by atoms with Gasteiger partial charge in [0.2, 0.25) is 0 Å². The van der Waals surface area contributed by atoms with Crippen molar-refractivity contribution in [2.24, 2.45) is 0 Å². The Kier molecular flexibility index (Phi) is 8.42. The van der Waals surface area contributed by atoms with Crippen LogP contribution >= 0.6 is 0 Å². The van der Waals surface area contributed by atoms with Crippen molar-refractivity contribution in [2.75, 3.05) is 40.3 Å². The van der Waals surface area contributed by atoms with Gasteiger partial charge in [0.05, 0.1) is 7.11 Å². The molecule has 37 heavy (non-hydrogen) atoms. The molecule has 192 valence electrons. The Labute approximate surface area is 215 Å². The van der Waals surface area contributed by atoms with Gasteiger partial charge in [-0.2, -0.15) is 0 Å². The van der Waals surface area contributed by atoms with Crippen LogP contribution in [0.3, 0.4) is 0 Å². The normalized spacial score (nSPS) is 13.6. The summed E-state index contributed by atoms with van der Waals surface area (Å²) in [5.74, 6) is -0.132. The molecule has 3 aromatic rings. The van der Waals surface area contributed by atoms with Crippen molar-refractivity contribution in [3.05, 3.63) is 89.0 Å². The van der Waals surface area contributed by atoms with Gasteiger partial charge in [-0.15, -0.1) is 0 Å². The summed E-state index contributed by atoms with van der Waals surface area (Å²) in [6.07, 6.45) is 1.19. The van der Waals surface area contributed by atoms with Crippen molar-refractivity contribution in [3.8, 4) is 5.75 Å². The molecule has 2 heterocycles. The Bertz CT molecular complexity index is 1260. The molecular formula is C27H30N6O4. The van der Waals surface area contributed by atoms with Crippen LogP contribution in [0.2, 0.25) is 0 Å².